The lowest BCUT2D eigenvalue weighted by Gasteiger charge is -2.08. The van der Waals surface area contributed by atoms with Gasteiger partial charge in [0.05, 0.1) is 0 Å². The molecule has 0 saturated heterocycles. The van der Waals surface area contributed by atoms with Crippen molar-refractivity contribution < 1.29 is 9.21 Å². The monoisotopic (exact) mass is 333 g/mol. The average molecular weight is 334 g/mol. The van der Waals surface area contributed by atoms with Crippen LogP contribution in [0.4, 0.5) is 0 Å². The van der Waals surface area contributed by atoms with Crippen molar-refractivity contribution in [3.63, 3.8) is 0 Å². The molecule has 1 heterocycles. The molecule has 0 fully saturated rings. The van der Waals surface area contributed by atoms with Gasteiger partial charge >= 0.3 is 0 Å². The third-order valence-electron chi connectivity index (χ3n) is 3.48. The first-order valence-corrected chi connectivity index (χ1v) is 7.51. The van der Waals surface area contributed by atoms with Crippen molar-refractivity contribution in [3.8, 4) is 0 Å². The van der Waals surface area contributed by atoms with Crippen molar-refractivity contribution in [1.29, 1.82) is 0 Å². The second-order valence-corrected chi connectivity index (χ2v) is 5.85. The molecular formula is C17H13Cl2NO2. The highest BCUT2D eigenvalue weighted by molar-refractivity contribution is 6.31. The van der Waals surface area contributed by atoms with Crippen LogP contribution in [-0.4, -0.2) is 5.91 Å². The van der Waals surface area contributed by atoms with E-state index in [0.717, 1.165) is 16.5 Å². The fourth-order valence-corrected chi connectivity index (χ4v) is 2.74. The van der Waals surface area contributed by atoms with E-state index in [2.05, 4.69) is 5.32 Å². The van der Waals surface area contributed by atoms with E-state index < -0.39 is 0 Å². The summed E-state index contributed by atoms with van der Waals surface area (Å²) >= 11 is 12.1. The minimum absolute atomic E-state index is 0.252. The van der Waals surface area contributed by atoms with E-state index in [1.807, 2.05) is 19.1 Å². The predicted octanol–water partition coefficient (Wildman–Crippen LogP) is 4.98. The molecule has 3 aromatic rings. The number of hydrogen-bond donors (Lipinski definition) is 1. The molecule has 0 unspecified atom stereocenters. The summed E-state index contributed by atoms with van der Waals surface area (Å²) in [6.45, 7) is 2.30. The number of carbonyl (C=O) groups excluding carboxylic acids is 1. The summed E-state index contributed by atoms with van der Waals surface area (Å²) in [6, 6.07) is 12.5. The predicted molar refractivity (Wildman–Crippen MR) is 88.6 cm³/mol. The van der Waals surface area contributed by atoms with Crippen LogP contribution in [0.3, 0.4) is 0 Å². The van der Waals surface area contributed by atoms with Gasteiger partial charge in [-0.05, 0) is 48.4 Å². The average Bonchev–Trinajstić information content (AvgIpc) is 2.89. The summed E-state index contributed by atoms with van der Waals surface area (Å²) in [5.41, 5.74) is 2.56. The maximum absolute atomic E-state index is 12.2. The largest absolute Gasteiger partial charge is 0.451 e. The first-order valence-electron chi connectivity index (χ1n) is 6.76. The zero-order chi connectivity index (χ0) is 15.7. The van der Waals surface area contributed by atoms with Gasteiger partial charge in [-0.2, -0.15) is 0 Å². The smallest absolute Gasteiger partial charge is 0.287 e. The van der Waals surface area contributed by atoms with Gasteiger partial charge < -0.3 is 9.73 Å². The van der Waals surface area contributed by atoms with E-state index in [4.69, 9.17) is 27.6 Å². The Kier molecular flexibility index (Phi) is 4.10. The maximum Gasteiger partial charge on any atom is 0.287 e. The zero-order valence-electron chi connectivity index (χ0n) is 11.8. The number of aryl methyl sites for hydroxylation is 1. The molecule has 0 bridgehead atoms. The normalized spacial score (nSPS) is 10.9. The van der Waals surface area contributed by atoms with E-state index in [-0.39, 0.29) is 11.7 Å². The molecule has 112 valence electrons. The van der Waals surface area contributed by atoms with Crippen LogP contribution in [-0.2, 0) is 6.54 Å². The standard InChI is InChI=1S/C17H13Cl2NO2/c1-10-3-2-4-14(19)13(10)9-20-17(21)16-8-11-7-12(18)5-6-15(11)22-16/h2-8H,9H2,1H3,(H,20,21). The van der Waals surface area contributed by atoms with E-state index in [1.54, 1.807) is 30.3 Å². The van der Waals surface area contributed by atoms with Crippen molar-refractivity contribution in [2.45, 2.75) is 13.5 Å². The third kappa shape index (κ3) is 2.96. The molecule has 3 nitrogen and oxygen atoms in total. The molecule has 0 aliphatic rings. The maximum atomic E-state index is 12.2. The summed E-state index contributed by atoms with van der Waals surface area (Å²) in [4.78, 5) is 12.2. The van der Waals surface area contributed by atoms with Crippen LogP contribution in [0.1, 0.15) is 21.7 Å². The molecule has 0 aliphatic carbocycles. The molecule has 0 spiro atoms. The Bertz CT molecular complexity index is 835. The Morgan fingerprint density at radius 2 is 2.00 bits per heavy atom. The molecule has 22 heavy (non-hydrogen) atoms. The van der Waals surface area contributed by atoms with Crippen LogP contribution in [0.15, 0.2) is 46.9 Å². The van der Waals surface area contributed by atoms with Gasteiger partial charge in [-0.25, -0.2) is 0 Å². The number of carbonyl (C=O) groups is 1. The zero-order valence-corrected chi connectivity index (χ0v) is 13.3. The Morgan fingerprint density at radius 1 is 1.18 bits per heavy atom. The number of rotatable bonds is 3. The van der Waals surface area contributed by atoms with Gasteiger partial charge in [-0.3, -0.25) is 4.79 Å². The summed E-state index contributed by atoms with van der Waals surface area (Å²) in [5, 5.41) is 4.86. The van der Waals surface area contributed by atoms with Gasteiger partial charge in [-0.1, -0.05) is 35.3 Å². The van der Waals surface area contributed by atoms with E-state index in [1.165, 1.54) is 0 Å². The number of halogens is 2. The third-order valence-corrected chi connectivity index (χ3v) is 4.07. The van der Waals surface area contributed by atoms with Crippen LogP contribution in [0, 0.1) is 6.92 Å². The topological polar surface area (TPSA) is 42.2 Å². The number of furan rings is 1. The van der Waals surface area contributed by atoms with Crippen LogP contribution in [0.25, 0.3) is 11.0 Å². The second-order valence-electron chi connectivity index (χ2n) is 5.01. The Balaban J connectivity index is 1.79. The van der Waals surface area contributed by atoms with Gasteiger partial charge in [0.25, 0.3) is 5.91 Å². The lowest BCUT2D eigenvalue weighted by molar-refractivity contribution is 0.0925. The summed E-state index contributed by atoms with van der Waals surface area (Å²) in [7, 11) is 0. The van der Waals surface area contributed by atoms with Gasteiger partial charge in [0.15, 0.2) is 5.76 Å². The van der Waals surface area contributed by atoms with Crippen molar-refractivity contribution in [3.05, 3.63) is 69.4 Å². The molecule has 0 saturated carbocycles. The van der Waals surface area contributed by atoms with Gasteiger partial charge in [-0.15, -0.1) is 0 Å². The SMILES string of the molecule is Cc1cccc(Cl)c1CNC(=O)c1cc2cc(Cl)ccc2o1. The molecule has 0 atom stereocenters. The number of amides is 1. The molecule has 1 aromatic heterocycles. The van der Waals surface area contributed by atoms with Crippen molar-refractivity contribution in [2.75, 3.05) is 0 Å². The quantitative estimate of drug-likeness (QED) is 0.734. The van der Waals surface area contributed by atoms with Gasteiger partial charge in [0.1, 0.15) is 5.58 Å². The number of fused-ring (bicyclic) bond motifs is 1. The van der Waals surface area contributed by atoms with Gasteiger partial charge in [0, 0.05) is 22.0 Å². The highest BCUT2D eigenvalue weighted by atomic mass is 35.5. The fraction of sp³-hybridized carbons (Fsp3) is 0.118. The minimum Gasteiger partial charge on any atom is -0.451 e. The fourth-order valence-electron chi connectivity index (χ4n) is 2.27. The summed E-state index contributed by atoms with van der Waals surface area (Å²) in [6.07, 6.45) is 0. The number of benzene rings is 2. The molecule has 0 aliphatic heterocycles. The lowest BCUT2D eigenvalue weighted by atomic mass is 10.1. The van der Waals surface area contributed by atoms with Crippen molar-refractivity contribution >= 4 is 40.1 Å². The van der Waals surface area contributed by atoms with Gasteiger partial charge in [0.2, 0.25) is 0 Å². The second kappa shape index (κ2) is 6.03. The molecule has 1 amide bonds. The van der Waals surface area contributed by atoms with Crippen LogP contribution >= 0.6 is 23.2 Å². The van der Waals surface area contributed by atoms with E-state index >= 15 is 0 Å². The molecule has 1 N–H and O–H groups in total. The highest BCUT2D eigenvalue weighted by Crippen LogP contribution is 2.23. The molecule has 0 radical (unpaired) electrons. The summed E-state index contributed by atoms with van der Waals surface area (Å²) in [5.74, 6) is -0.0337. The molecular weight excluding hydrogens is 321 g/mol. The molecule has 5 heteroatoms. The van der Waals surface area contributed by atoms with Crippen molar-refractivity contribution in [2.24, 2.45) is 0 Å². The molecule has 3 rings (SSSR count). The van der Waals surface area contributed by atoms with E-state index in [0.29, 0.717) is 22.2 Å². The minimum atomic E-state index is -0.286. The Morgan fingerprint density at radius 3 is 2.77 bits per heavy atom. The van der Waals surface area contributed by atoms with Crippen LogP contribution in [0.5, 0.6) is 0 Å². The molecule has 2 aromatic carbocycles. The first kappa shape index (κ1) is 14.9. The van der Waals surface area contributed by atoms with E-state index in [9.17, 15) is 4.79 Å². The van der Waals surface area contributed by atoms with Crippen LogP contribution in [0.2, 0.25) is 10.0 Å². The Hall–Kier alpha value is -1.97. The number of nitrogens with one attached hydrogen (secondary N) is 1. The number of hydrogen-bond acceptors (Lipinski definition) is 2. The first-order chi connectivity index (χ1) is 10.5. The highest BCUT2D eigenvalue weighted by Gasteiger charge is 2.13. The van der Waals surface area contributed by atoms with Crippen LogP contribution < -0.4 is 5.32 Å². The lowest BCUT2D eigenvalue weighted by Crippen LogP contribution is -2.22. The summed E-state index contributed by atoms with van der Waals surface area (Å²) < 4.78 is 5.53. The van der Waals surface area contributed by atoms with Crippen molar-refractivity contribution in [1.82, 2.24) is 5.32 Å². The Labute approximate surface area is 137 Å².